The third-order valence-corrected chi connectivity index (χ3v) is 2.15. The van der Waals surface area contributed by atoms with Crippen LogP contribution in [0.4, 0.5) is 26.3 Å². The van der Waals surface area contributed by atoms with Crippen molar-refractivity contribution in [2.24, 2.45) is 11.7 Å². The van der Waals surface area contributed by atoms with E-state index >= 15 is 0 Å². The van der Waals surface area contributed by atoms with E-state index in [9.17, 15) is 26.3 Å². The van der Waals surface area contributed by atoms with E-state index in [-0.39, 0.29) is 5.76 Å². The highest BCUT2D eigenvalue weighted by atomic mass is 19.4. The maximum atomic E-state index is 12.3. The molecular formula is C9H9F6NO. The summed E-state index contributed by atoms with van der Waals surface area (Å²) >= 11 is 0. The van der Waals surface area contributed by atoms with Gasteiger partial charge in [-0.15, -0.1) is 0 Å². The van der Waals surface area contributed by atoms with E-state index in [4.69, 9.17) is 10.2 Å². The van der Waals surface area contributed by atoms with Crippen molar-refractivity contribution in [2.45, 2.75) is 25.3 Å². The molecule has 0 aromatic carbocycles. The third-order valence-electron chi connectivity index (χ3n) is 2.15. The minimum absolute atomic E-state index is 0.193. The van der Waals surface area contributed by atoms with E-state index in [1.165, 1.54) is 13.0 Å². The van der Waals surface area contributed by atoms with Gasteiger partial charge in [0.2, 0.25) is 0 Å². The molecule has 1 aromatic rings. The van der Waals surface area contributed by atoms with Crippen molar-refractivity contribution < 1.29 is 30.8 Å². The van der Waals surface area contributed by atoms with E-state index in [2.05, 4.69) is 0 Å². The zero-order valence-electron chi connectivity index (χ0n) is 8.56. The highest BCUT2D eigenvalue weighted by Crippen LogP contribution is 2.45. The standard InChI is InChI=1S/C9H9F6NO/c1-4-2-3-5(17-4)6(16)7(8(10,11)12)9(13,14)15/h2-3,6-7H,16H2,1H3. The van der Waals surface area contributed by atoms with E-state index in [1.54, 1.807) is 0 Å². The van der Waals surface area contributed by atoms with Crippen LogP contribution in [0.3, 0.4) is 0 Å². The summed E-state index contributed by atoms with van der Waals surface area (Å²) in [7, 11) is 0. The molecule has 0 fully saturated rings. The molecule has 0 saturated carbocycles. The molecule has 1 rings (SSSR count). The van der Waals surface area contributed by atoms with Crippen molar-refractivity contribution in [1.29, 1.82) is 0 Å². The highest BCUT2D eigenvalue weighted by Gasteiger charge is 2.60. The fourth-order valence-electron chi connectivity index (χ4n) is 1.39. The Morgan fingerprint density at radius 2 is 1.53 bits per heavy atom. The van der Waals surface area contributed by atoms with Crippen LogP contribution in [0.1, 0.15) is 17.6 Å². The van der Waals surface area contributed by atoms with Crippen LogP contribution in [0.5, 0.6) is 0 Å². The Morgan fingerprint density at radius 1 is 1.06 bits per heavy atom. The van der Waals surface area contributed by atoms with Gasteiger partial charge in [0.15, 0.2) is 5.92 Å². The largest absolute Gasteiger partial charge is 0.465 e. The van der Waals surface area contributed by atoms with Crippen LogP contribution in [-0.4, -0.2) is 12.4 Å². The van der Waals surface area contributed by atoms with E-state index in [1.807, 2.05) is 0 Å². The molecule has 2 N–H and O–H groups in total. The van der Waals surface area contributed by atoms with Crippen molar-refractivity contribution in [3.63, 3.8) is 0 Å². The predicted octanol–water partition coefficient (Wildman–Crippen LogP) is 3.33. The quantitative estimate of drug-likeness (QED) is 0.829. The number of hydrogen-bond donors (Lipinski definition) is 1. The molecule has 1 unspecified atom stereocenters. The molecule has 1 aromatic heterocycles. The van der Waals surface area contributed by atoms with Gasteiger partial charge in [-0.3, -0.25) is 0 Å². The first-order valence-corrected chi connectivity index (χ1v) is 4.49. The molecule has 17 heavy (non-hydrogen) atoms. The van der Waals surface area contributed by atoms with Gasteiger partial charge in [0.25, 0.3) is 0 Å². The van der Waals surface area contributed by atoms with Gasteiger partial charge in [-0.25, -0.2) is 0 Å². The van der Waals surface area contributed by atoms with Gasteiger partial charge in [0, 0.05) is 0 Å². The summed E-state index contributed by atoms with van der Waals surface area (Å²) in [5.41, 5.74) is 4.99. The molecule has 1 atom stereocenters. The van der Waals surface area contributed by atoms with Crippen molar-refractivity contribution >= 4 is 0 Å². The third kappa shape index (κ3) is 3.15. The number of furan rings is 1. The molecule has 0 bridgehead atoms. The average Bonchev–Trinajstić information content (AvgIpc) is 2.45. The smallest absolute Gasteiger partial charge is 0.402 e. The summed E-state index contributed by atoms with van der Waals surface area (Å²) in [6, 6.07) is -0.0487. The second kappa shape index (κ2) is 4.25. The molecule has 0 aliphatic rings. The lowest BCUT2D eigenvalue weighted by Gasteiger charge is -2.26. The summed E-state index contributed by atoms with van der Waals surface area (Å²) in [6.07, 6.45) is -10.9. The van der Waals surface area contributed by atoms with Gasteiger partial charge in [-0.05, 0) is 19.1 Å². The summed E-state index contributed by atoms with van der Waals surface area (Å²) in [6.45, 7) is 1.40. The zero-order chi connectivity index (χ0) is 13.4. The van der Waals surface area contributed by atoms with Crippen LogP contribution in [0, 0.1) is 12.8 Å². The van der Waals surface area contributed by atoms with Gasteiger partial charge < -0.3 is 10.2 Å². The van der Waals surface area contributed by atoms with E-state index < -0.39 is 30.1 Å². The van der Waals surface area contributed by atoms with Gasteiger partial charge in [-0.1, -0.05) is 0 Å². The molecule has 0 amide bonds. The molecule has 98 valence electrons. The van der Waals surface area contributed by atoms with Crippen LogP contribution >= 0.6 is 0 Å². The molecule has 0 aliphatic carbocycles. The maximum absolute atomic E-state index is 12.3. The second-order valence-corrected chi connectivity index (χ2v) is 3.54. The number of halogens is 6. The normalized spacial score (nSPS) is 15.4. The molecular weight excluding hydrogens is 252 g/mol. The van der Waals surface area contributed by atoms with Gasteiger partial charge in [0.1, 0.15) is 11.5 Å². The second-order valence-electron chi connectivity index (χ2n) is 3.54. The Bertz CT molecular complexity index is 366. The SMILES string of the molecule is Cc1ccc(C(N)C(C(F)(F)F)C(F)(F)F)o1. The van der Waals surface area contributed by atoms with Gasteiger partial charge >= 0.3 is 12.4 Å². The van der Waals surface area contributed by atoms with Crippen molar-refractivity contribution in [3.8, 4) is 0 Å². The lowest BCUT2D eigenvalue weighted by atomic mass is 9.97. The van der Waals surface area contributed by atoms with E-state index in [0.717, 1.165) is 6.07 Å². The van der Waals surface area contributed by atoms with Crippen LogP contribution in [-0.2, 0) is 0 Å². The Balaban J connectivity index is 3.08. The van der Waals surface area contributed by atoms with Crippen molar-refractivity contribution in [1.82, 2.24) is 0 Å². The van der Waals surface area contributed by atoms with Gasteiger partial charge in [0.05, 0.1) is 6.04 Å². The lowest BCUT2D eigenvalue weighted by Crippen LogP contribution is -2.43. The fraction of sp³-hybridized carbons (Fsp3) is 0.556. The summed E-state index contributed by atoms with van der Waals surface area (Å²) in [5, 5.41) is 0. The van der Waals surface area contributed by atoms with Crippen molar-refractivity contribution in [2.75, 3.05) is 0 Å². The first-order chi connectivity index (χ1) is 7.53. The van der Waals surface area contributed by atoms with Crippen molar-refractivity contribution in [3.05, 3.63) is 23.7 Å². The number of rotatable bonds is 2. The maximum Gasteiger partial charge on any atom is 0.402 e. The predicted molar refractivity (Wildman–Crippen MR) is 46.0 cm³/mol. The first-order valence-electron chi connectivity index (χ1n) is 4.49. The van der Waals surface area contributed by atoms with Crippen LogP contribution in [0.25, 0.3) is 0 Å². The Hall–Kier alpha value is -1.18. The molecule has 0 saturated heterocycles. The topological polar surface area (TPSA) is 39.2 Å². The first kappa shape index (κ1) is 13.9. The number of hydrogen-bond acceptors (Lipinski definition) is 2. The minimum Gasteiger partial charge on any atom is -0.465 e. The summed E-state index contributed by atoms with van der Waals surface area (Å²) < 4.78 is 78.6. The average molecular weight is 261 g/mol. The number of aryl methyl sites for hydroxylation is 1. The molecule has 0 aliphatic heterocycles. The highest BCUT2D eigenvalue weighted by molar-refractivity contribution is 5.11. The monoisotopic (exact) mass is 261 g/mol. The number of alkyl halides is 6. The van der Waals surface area contributed by atoms with Gasteiger partial charge in [-0.2, -0.15) is 26.3 Å². The fourth-order valence-corrected chi connectivity index (χ4v) is 1.39. The Labute approximate surface area is 92.4 Å². The summed E-state index contributed by atoms with van der Waals surface area (Å²) in [5.74, 6) is -3.98. The van der Waals surface area contributed by atoms with Crippen LogP contribution in [0.2, 0.25) is 0 Å². The lowest BCUT2D eigenvalue weighted by molar-refractivity contribution is -0.291. The summed E-state index contributed by atoms with van der Waals surface area (Å²) in [4.78, 5) is 0. The molecule has 1 heterocycles. The molecule has 2 nitrogen and oxygen atoms in total. The Kier molecular flexibility index (Phi) is 3.47. The zero-order valence-corrected chi connectivity index (χ0v) is 8.56. The molecule has 0 spiro atoms. The van der Waals surface area contributed by atoms with Crippen LogP contribution < -0.4 is 5.73 Å². The molecule has 8 heteroatoms. The van der Waals surface area contributed by atoms with Crippen LogP contribution in [0.15, 0.2) is 16.5 Å². The molecule has 0 radical (unpaired) electrons. The Morgan fingerprint density at radius 3 is 1.82 bits per heavy atom. The van der Waals surface area contributed by atoms with E-state index in [0.29, 0.717) is 0 Å². The number of nitrogens with two attached hydrogens (primary N) is 1. The minimum atomic E-state index is -5.47.